The molecule has 0 radical (unpaired) electrons. The summed E-state index contributed by atoms with van der Waals surface area (Å²) in [5, 5.41) is 9.80. The van der Waals surface area contributed by atoms with E-state index in [0.29, 0.717) is 16.3 Å². The van der Waals surface area contributed by atoms with Crippen molar-refractivity contribution in [2.24, 2.45) is 5.41 Å². The molecule has 1 spiro atoms. The zero-order valence-corrected chi connectivity index (χ0v) is 19.3. The van der Waals surface area contributed by atoms with Crippen LogP contribution in [0.1, 0.15) is 48.9 Å². The van der Waals surface area contributed by atoms with Crippen LogP contribution in [0.3, 0.4) is 0 Å². The van der Waals surface area contributed by atoms with Crippen LogP contribution in [0.25, 0.3) is 22.0 Å². The van der Waals surface area contributed by atoms with Crippen molar-refractivity contribution in [3.63, 3.8) is 0 Å². The molecule has 2 aromatic carbocycles. The minimum absolute atomic E-state index is 0.113. The first kappa shape index (κ1) is 22.5. The molecule has 1 N–H and O–H groups in total. The average molecular weight is 459 g/mol. The number of benzene rings is 2. The van der Waals surface area contributed by atoms with Crippen LogP contribution in [0.2, 0.25) is 0 Å². The highest BCUT2D eigenvalue weighted by atomic mass is 16.5. The number of hydrogen-bond acceptors (Lipinski definition) is 4. The quantitative estimate of drug-likeness (QED) is 0.586. The van der Waals surface area contributed by atoms with E-state index in [9.17, 15) is 9.59 Å². The fourth-order valence-electron chi connectivity index (χ4n) is 5.00. The molecular weight excluding hydrogens is 428 g/mol. The number of pyridine rings is 1. The Bertz CT molecular complexity index is 1170. The molecule has 6 nitrogen and oxygen atoms in total. The number of carbonyl (C=O) groups is 2. The monoisotopic (exact) mass is 458 g/mol. The lowest BCUT2D eigenvalue weighted by atomic mass is 9.93. The Hall–Kier alpha value is -3.25. The molecule has 1 atom stereocenters. The van der Waals surface area contributed by atoms with Gasteiger partial charge in [-0.15, -0.1) is 0 Å². The number of likely N-dealkylation sites (tertiary alicyclic amines) is 1. The number of carbonyl (C=O) groups excluding carboxylic acids is 1. The second-order valence-electron chi connectivity index (χ2n) is 9.59. The van der Waals surface area contributed by atoms with Crippen molar-refractivity contribution in [3.8, 4) is 11.1 Å². The van der Waals surface area contributed by atoms with Crippen LogP contribution in [0.4, 0.5) is 0 Å². The lowest BCUT2D eigenvalue weighted by molar-refractivity contribution is -0.142. The van der Waals surface area contributed by atoms with Gasteiger partial charge >= 0.3 is 5.97 Å². The second kappa shape index (κ2) is 9.55. The van der Waals surface area contributed by atoms with E-state index in [1.165, 1.54) is 37.9 Å². The summed E-state index contributed by atoms with van der Waals surface area (Å²) in [6.45, 7) is 2.71. The van der Waals surface area contributed by atoms with Crippen LogP contribution in [0, 0.1) is 5.41 Å². The average Bonchev–Trinajstić information content (AvgIpc) is 3.40. The number of carboxylic acid groups (broad SMARTS) is 1. The van der Waals surface area contributed by atoms with Gasteiger partial charge in [0.2, 0.25) is 0 Å². The SMILES string of the molecule is O=C(C1CCCO1)N1CCC2(CC1)CC2.O=C(O)c1ccnc2cc(-c3ccccc3)ccc12. The van der Waals surface area contributed by atoms with Gasteiger partial charge in [-0.3, -0.25) is 9.78 Å². The van der Waals surface area contributed by atoms with E-state index in [1.807, 2.05) is 53.4 Å². The van der Waals surface area contributed by atoms with Crippen molar-refractivity contribution in [2.75, 3.05) is 19.7 Å². The molecule has 3 aromatic rings. The first-order chi connectivity index (χ1) is 16.5. The fourth-order valence-corrected chi connectivity index (χ4v) is 5.00. The minimum atomic E-state index is -0.931. The predicted octanol–water partition coefficient (Wildman–Crippen LogP) is 5.17. The first-order valence-electron chi connectivity index (χ1n) is 12.1. The molecule has 2 aliphatic heterocycles. The highest BCUT2D eigenvalue weighted by Gasteiger charge is 2.45. The number of hydrogen-bond donors (Lipinski definition) is 1. The van der Waals surface area contributed by atoms with Gasteiger partial charge in [-0.05, 0) is 67.2 Å². The standard InChI is InChI=1S/C16H11NO2.C12H19NO2/c18-16(19)14-8-9-17-15-10-12(6-7-13(14)15)11-4-2-1-3-5-11;14-11(10-2-1-9-15-10)13-7-5-12(3-4-12)6-8-13/h1-10H,(H,18,19);10H,1-9H2. The smallest absolute Gasteiger partial charge is 0.336 e. The Morgan fingerprint density at radius 3 is 2.38 bits per heavy atom. The van der Waals surface area contributed by atoms with Gasteiger partial charge in [0, 0.05) is 31.3 Å². The summed E-state index contributed by atoms with van der Waals surface area (Å²) in [5.74, 6) is -0.678. The van der Waals surface area contributed by atoms with Gasteiger partial charge in [0.05, 0.1) is 11.1 Å². The minimum Gasteiger partial charge on any atom is -0.478 e. The molecule has 176 valence electrons. The number of fused-ring (bicyclic) bond motifs is 1. The van der Waals surface area contributed by atoms with E-state index in [0.717, 1.165) is 43.7 Å². The van der Waals surface area contributed by atoms with Crippen LogP contribution in [-0.4, -0.2) is 52.7 Å². The van der Waals surface area contributed by atoms with Gasteiger partial charge in [0.1, 0.15) is 6.10 Å². The molecule has 1 aliphatic carbocycles. The van der Waals surface area contributed by atoms with Crippen molar-refractivity contribution in [2.45, 2.75) is 44.6 Å². The molecule has 3 heterocycles. The first-order valence-corrected chi connectivity index (χ1v) is 12.1. The second-order valence-corrected chi connectivity index (χ2v) is 9.59. The molecule has 1 unspecified atom stereocenters. The number of aromatic nitrogens is 1. The molecule has 6 rings (SSSR count). The zero-order valence-electron chi connectivity index (χ0n) is 19.3. The number of ether oxygens (including phenoxy) is 1. The van der Waals surface area contributed by atoms with Crippen LogP contribution in [0.15, 0.2) is 60.8 Å². The van der Waals surface area contributed by atoms with Crippen molar-refractivity contribution < 1.29 is 19.4 Å². The number of rotatable bonds is 3. The molecule has 1 aromatic heterocycles. The topological polar surface area (TPSA) is 79.7 Å². The number of piperidine rings is 1. The Kier molecular flexibility index (Phi) is 6.33. The molecule has 1 amide bonds. The number of carboxylic acids is 1. The van der Waals surface area contributed by atoms with Crippen molar-refractivity contribution in [3.05, 3.63) is 66.4 Å². The highest BCUT2D eigenvalue weighted by Crippen LogP contribution is 2.53. The van der Waals surface area contributed by atoms with E-state index in [2.05, 4.69) is 4.98 Å². The van der Waals surface area contributed by atoms with Gasteiger partial charge in [0.25, 0.3) is 5.91 Å². The van der Waals surface area contributed by atoms with Gasteiger partial charge < -0.3 is 14.7 Å². The molecule has 2 saturated heterocycles. The summed E-state index contributed by atoms with van der Waals surface area (Å²) in [7, 11) is 0. The normalized spacial score (nSPS) is 20.6. The third kappa shape index (κ3) is 4.82. The Morgan fingerprint density at radius 1 is 0.971 bits per heavy atom. The van der Waals surface area contributed by atoms with Gasteiger partial charge in [-0.1, -0.05) is 42.5 Å². The summed E-state index contributed by atoms with van der Waals surface area (Å²) >= 11 is 0. The zero-order chi connectivity index (χ0) is 23.5. The Morgan fingerprint density at radius 2 is 1.74 bits per heavy atom. The molecule has 1 saturated carbocycles. The molecule has 3 fully saturated rings. The van der Waals surface area contributed by atoms with E-state index < -0.39 is 5.97 Å². The van der Waals surface area contributed by atoms with Gasteiger partial charge in [0.15, 0.2) is 0 Å². The maximum absolute atomic E-state index is 12.0. The van der Waals surface area contributed by atoms with E-state index in [1.54, 1.807) is 0 Å². The third-order valence-corrected chi connectivity index (χ3v) is 7.38. The van der Waals surface area contributed by atoms with E-state index >= 15 is 0 Å². The van der Waals surface area contributed by atoms with Crippen molar-refractivity contribution in [1.29, 1.82) is 0 Å². The maximum atomic E-state index is 12.0. The van der Waals surface area contributed by atoms with E-state index in [4.69, 9.17) is 9.84 Å². The van der Waals surface area contributed by atoms with Gasteiger partial charge in [-0.2, -0.15) is 0 Å². The Labute approximate surface area is 199 Å². The fraction of sp³-hybridized carbons (Fsp3) is 0.393. The predicted molar refractivity (Wildman–Crippen MR) is 131 cm³/mol. The van der Waals surface area contributed by atoms with Crippen molar-refractivity contribution in [1.82, 2.24) is 9.88 Å². The molecule has 6 heteroatoms. The lowest BCUT2D eigenvalue weighted by Gasteiger charge is -2.33. The van der Waals surface area contributed by atoms with Gasteiger partial charge in [-0.25, -0.2) is 4.79 Å². The summed E-state index contributed by atoms with van der Waals surface area (Å²) in [4.78, 5) is 29.4. The third-order valence-electron chi connectivity index (χ3n) is 7.38. The summed E-state index contributed by atoms with van der Waals surface area (Å²) in [6, 6.07) is 17.1. The van der Waals surface area contributed by atoms with E-state index in [-0.39, 0.29) is 17.6 Å². The number of aromatic carboxylic acids is 1. The lowest BCUT2D eigenvalue weighted by Crippen LogP contribution is -2.44. The number of amides is 1. The summed E-state index contributed by atoms with van der Waals surface area (Å²) in [5.41, 5.74) is 3.76. The highest BCUT2D eigenvalue weighted by molar-refractivity contribution is 6.03. The van der Waals surface area contributed by atoms with Crippen molar-refractivity contribution >= 4 is 22.8 Å². The summed E-state index contributed by atoms with van der Waals surface area (Å²) in [6.07, 6.45) is 8.65. The largest absolute Gasteiger partial charge is 0.478 e. The Balaban J connectivity index is 0.000000145. The van der Waals surface area contributed by atoms with Crippen LogP contribution < -0.4 is 0 Å². The van der Waals surface area contributed by atoms with Crippen LogP contribution in [-0.2, 0) is 9.53 Å². The molecule has 3 aliphatic rings. The van der Waals surface area contributed by atoms with Crippen LogP contribution >= 0.6 is 0 Å². The summed E-state index contributed by atoms with van der Waals surface area (Å²) < 4.78 is 5.44. The van der Waals surface area contributed by atoms with Crippen LogP contribution in [0.5, 0.6) is 0 Å². The maximum Gasteiger partial charge on any atom is 0.336 e. The molecule has 34 heavy (non-hydrogen) atoms. The molecular formula is C28H30N2O4. The number of nitrogens with zero attached hydrogens (tertiary/aromatic N) is 2. The molecule has 0 bridgehead atoms.